The standard InChI is InChI=1S/C23H29F3N6S/c1-14(2)19(18-9-30(4)29-15(18)3)32-11-22(12-32)5-6-31(10-22)20-17-7-16(8-23(24,25)26)33-21(17)28-13-27-20/h7,9,13-14,19H,5-6,8,10-12H2,1-4H3/t19-/m1/s1. The van der Waals surface area contributed by atoms with Gasteiger partial charge in [-0.1, -0.05) is 13.8 Å². The Balaban J connectivity index is 1.32. The Morgan fingerprint density at radius 2 is 1.94 bits per heavy atom. The zero-order chi connectivity index (χ0) is 23.5. The van der Waals surface area contributed by atoms with Gasteiger partial charge in [0, 0.05) is 61.3 Å². The van der Waals surface area contributed by atoms with E-state index in [2.05, 4.69) is 51.8 Å². The first kappa shape index (κ1) is 22.6. The third-order valence-corrected chi connectivity index (χ3v) is 7.99. The van der Waals surface area contributed by atoms with Crippen LogP contribution in [0.25, 0.3) is 10.2 Å². The van der Waals surface area contributed by atoms with Crippen molar-refractivity contribution in [2.24, 2.45) is 18.4 Å². The van der Waals surface area contributed by atoms with Crippen LogP contribution in [-0.4, -0.2) is 57.0 Å². The van der Waals surface area contributed by atoms with Crippen LogP contribution in [0.3, 0.4) is 0 Å². The van der Waals surface area contributed by atoms with E-state index in [1.54, 1.807) is 6.07 Å². The van der Waals surface area contributed by atoms with Crippen LogP contribution in [0, 0.1) is 18.3 Å². The number of thiophene rings is 1. The fourth-order valence-corrected chi connectivity index (χ4v) is 6.72. The van der Waals surface area contributed by atoms with Gasteiger partial charge < -0.3 is 4.90 Å². The number of fused-ring (bicyclic) bond motifs is 1. The summed E-state index contributed by atoms with van der Waals surface area (Å²) in [4.78, 5) is 14.4. The molecule has 0 unspecified atom stereocenters. The van der Waals surface area contributed by atoms with Gasteiger partial charge in [0.25, 0.3) is 0 Å². The third-order valence-electron chi connectivity index (χ3n) is 6.94. The summed E-state index contributed by atoms with van der Waals surface area (Å²) >= 11 is 1.11. The highest BCUT2D eigenvalue weighted by molar-refractivity contribution is 7.18. The van der Waals surface area contributed by atoms with Gasteiger partial charge in [-0.3, -0.25) is 9.58 Å². The predicted molar refractivity (Wildman–Crippen MR) is 124 cm³/mol. The molecule has 3 aromatic rings. The molecule has 0 bridgehead atoms. The monoisotopic (exact) mass is 478 g/mol. The van der Waals surface area contributed by atoms with Crippen molar-refractivity contribution in [3.8, 4) is 0 Å². The molecular weight excluding hydrogens is 449 g/mol. The Kier molecular flexibility index (Phi) is 5.43. The van der Waals surface area contributed by atoms with Crippen molar-refractivity contribution in [2.75, 3.05) is 31.1 Å². The van der Waals surface area contributed by atoms with Crippen molar-refractivity contribution in [3.63, 3.8) is 0 Å². The Labute approximate surface area is 195 Å². The normalized spacial score (nSPS) is 19.7. The first-order chi connectivity index (χ1) is 15.5. The summed E-state index contributed by atoms with van der Waals surface area (Å²) in [5, 5.41) is 5.28. The van der Waals surface area contributed by atoms with Gasteiger partial charge in [-0.05, 0) is 25.3 Å². The summed E-state index contributed by atoms with van der Waals surface area (Å²) in [5.74, 6) is 1.24. The highest BCUT2D eigenvalue weighted by atomic mass is 32.1. The minimum Gasteiger partial charge on any atom is -0.355 e. The second kappa shape index (κ2) is 7.94. The first-order valence-electron chi connectivity index (χ1n) is 11.3. The van der Waals surface area contributed by atoms with Gasteiger partial charge in [0.2, 0.25) is 0 Å². The molecule has 0 aromatic carbocycles. The van der Waals surface area contributed by atoms with Crippen LogP contribution in [0.5, 0.6) is 0 Å². The summed E-state index contributed by atoms with van der Waals surface area (Å²) in [6.45, 7) is 10.4. The van der Waals surface area contributed by atoms with E-state index in [4.69, 9.17) is 0 Å². The van der Waals surface area contributed by atoms with Crippen molar-refractivity contribution in [1.29, 1.82) is 0 Å². The van der Waals surface area contributed by atoms with E-state index in [-0.39, 0.29) is 10.3 Å². The van der Waals surface area contributed by atoms with E-state index in [1.807, 2.05) is 11.7 Å². The van der Waals surface area contributed by atoms with E-state index in [0.29, 0.717) is 16.8 Å². The molecule has 0 saturated carbocycles. The molecule has 0 amide bonds. The summed E-state index contributed by atoms with van der Waals surface area (Å²) in [5.41, 5.74) is 2.58. The zero-order valence-electron chi connectivity index (χ0n) is 19.4. The van der Waals surface area contributed by atoms with Crippen LogP contribution < -0.4 is 4.90 Å². The van der Waals surface area contributed by atoms with Crippen molar-refractivity contribution in [2.45, 2.75) is 45.8 Å². The maximum Gasteiger partial charge on any atom is 0.393 e. The van der Waals surface area contributed by atoms with Crippen LogP contribution in [-0.2, 0) is 13.5 Å². The fraction of sp³-hybridized carbons (Fsp3) is 0.609. The molecule has 0 aliphatic carbocycles. The number of halogens is 3. The van der Waals surface area contributed by atoms with Gasteiger partial charge in [0.05, 0.1) is 17.5 Å². The van der Waals surface area contributed by atoms with Gasteiger partial charge in [0.1, 0.15) is 17.0 Å². The number of hydrogen-bond acceptors (Lipinski definition) is 6. The minimum absolute atomic E-state index is 0.200. The van der Waals surface area contributed by atoms with Gasteiger partial charge in [-0.25, -0.2) is 9.97 Å². The first-order valence-corrected chi connectivity index (χ1v) is 12.1. The molecule has 1 spiro atoms. The molecule has 178 valence electrons. The van der Waals surface area contributed by atoms with E-state index >= 15 is 0 Å². The second-order valence-electron chi connectivity index (χ2n) is 10.0. The number of alkyl halides is 3. The van der Waals surface area contributed by atoms with Crippen molar-refractivity contribution in [1.82, 2.24) is 24.6 Å². The number of aromatic nitrogens is 4. The number of hydrogen-bond donors (Lipinski definition) is 0. The lowest BCUT2D eigenvalue weighted by molar-refractivity contribution is -0.126. The van der Waals surface area contributed by atoms with Crippen molar-refractivity contribution in [3.05, 3.63) is 34.7 Å². The molecule has 2 saturated heterocycles. The molecule has 10 heteroatoms. The lowest BCUT2D eigenvalue weighted by Crippen LogP contribution is -2.59. The Morgan fingerprint density at radius 1 is 1.18 bits per heavy atom. The van der Waals surface area contributed by atoms with E-state index in [0.717, 1.165) is 60.8 Å². The number of anilines is 1. The number of likely N-dealkylation sites (tertiary alicyclic amines) is 1. The lowest BCUT2D eigenvalue weighted by atomic mass is 9.76. The molecule has 0 N–H and O–H groups in total. The maximum absolute atomic E-state index is 12.9. The van der Waals surface area contributed by atoms with E-state index in [9.17, 15) is 13.2 Å². The largest absolute Gasteiger partial charge is 0.393 e. The van der Waals surface area contributed by atoms with Crippen LogP contribution in [0.2, 0.25) is 0 Å². The Bertz CT molecular complexity index is 1160. The minimum atomic E-state index is -4.22. The maximum atomic E-state index is 12.9. The highest BCUT2D eigenvalue weighted by Crippen LogP contribution is 2.47. The van der Waals surface area contributed by atoms with E-state index < -0.39 is 12.6 Å². The molecule has 0 radical (unpaired) electrons. The molecule has 2 aliphatic rings. The van der Waals surface area contributed by atoms with Gasteiger partial charge in [0.15, 0.2) is 0 Å². The Hall–Kier alpha value is -2.20. The third kappa shape index (κ3) is 4.23. The summed E-state index contributed by atoms with van der Waals surface area (Å²) < 4.78 is 40.5. The molecular formula is C23H29F3N6S. The Morgan fingerprint density at radius 3 is 2.58 bits per heavy atom. The van der Waals surface area contributed by atoms with E-state index in [1.165, 1.54) is 11.9 Å². The smallest absolute Gasteiger partial charge is 0.355 e. The van der Waals surface area contributed by atoms with Gasteiger partial charge >= 0.3 is 6.18 Å². The molecule has 1 atom stereocenters. The lowest BCUT2D eigenvalue weighted by Gasteiger charge is -2.52. The molecule has 6 nitrogen and oxygen atoms in total. The zero-order valence-corrected chi connectivity index (χ0v) is 20.2. The van der Waals surface area contributed by atoms with Crippen LogP contribution in [0.15, 0.2) is 18.6 Å². The van der Waals surface area contributed by atoms with Crippen molar-refractivity contribution >= 4 is 27.4 Å². The fourth-order valence-electron chi connectivity index (χ4n) is 5.70. The number of rotatable bonds is 5. The molecule has 5 heterocycles. The molecule has 33 heavy (non-hydrogen) atoms. The predicted octanol–water partition coefficient (Wildman–Crippen LogP) is 4.75. The van der Waals surface area contributed by atoms with Gasteiger partial charge in [-0.15, -0.1) is 11.3 Å². The van der Waals surface area contributed by atoms with Crippen molar-refractivity contribution < 1.29 is 13.2 Å². The summed E-state index contributed by atoms with van der Waals surface area (Å²) in [7, 11) is 1.97. The number of nitrogens with zero attached hydrogens (tertiary/aromatic N) is 6. The van der Waals surface area contributed by atoms with Crippen LogP contribution in [0.4, 0.5) is 19.0 Å². The summed E-state index contributed by atoms with van der Waals surface area (Å²) in [6, 6.07) is 1.96. The topological polar surface area (TPSA) is 50.1 Å². The molecule has 3 aromatic heterocycles. The average Bonchev–Trinajstić information content (AvgIpc) is 3.36. The molecule has 5 rings (SSSR count). The SMILES string of the molecule is Cc1nn(C)cc1[C@@H](C(C)C)N1CC2(CCN(c3ncnc4sc(CC(F)(F)F)cc34)C2)C1. The van der Waals surface area contributed by atoms with Crippen LogP contribution in [0.1, 0.15) is 42.4 Å². The molecule has 2 aliphatic heterocycles. The summed E-state index contributed by atoms with van der Waals surface area (Å²) in [6.07, 6.45) is -0.467. The average molecular weight is 479 g/mol. The number of aryl methyl sites for hydroxylation is 2. The molecule has 2 fully saturated rings. The van der Waals surface area contributed by atoms with Gasteiger partial charge in [-0.2, -0.15) is 18.3 Å². The second-order valence-corrected chi connectivity index (χ2v) is 11.1. The van der Waals surface area contributed by atoms with Crippen LogP contribution >= 0.6 is 11.3 Å². The highest BCUT2D eigenvalue weighted by Gasteiger charge is 2.50. The quantitative estimate of drug-likeness (QED) is 0.530.